The molecule has 0 spiro atoms. The predicted octanol–water partition coefficient (Wildman–Crippen LogP) is 11.1. The van der Waals surface area contributed by atoms with Crippen LogP contribution in [0.15, 0.2) is 165 Å². The number of benzene rings is 3. The molecular weight excluding hydrogens is 1320 g/mol. The summed E-state index contributed by atoms with van der Waals surface area (Å²) in [5, 5.41) is 57.3. The molecule has 0 unspecified atom stereocenters. The van der Waals surface area contributed by atoms with E-state index in [-0.39, 0.29) is 36.0 Å². The summed E-state index contributed by atoms with van der Waals surface area (Å²) in [5.74, 6) is 3.34. The number of nitriles is 1. The minimum atomic E-state index is -0.216. The van der Waals surface area contributed by atoms with Crippen molar-refractivity contribution in [1.29, 1.82) is 5.26 Å². The molecule has 6 aliphatic heterocycles. The summed E-state index contributed by atoms with van der Waals surface area (Å²) in [6.07, 6.45) is 23.5. The van der Waals surface area contributed by atoms with E-state index in [0.717, 1.165) is 174 Å². The van der Waals surface area contributed by atoms with Gasteiger partial charge in [0.15, 0.2) is 0 Å². The average molecular weight is 1400 g/mol. The number of aliphatic hydroxyl groups is 3. The van der Waals surface area contributed by atoms with Crippen LogP contribution in [-0.2, 0) is 19.6 Å². The summed E-state index contributed by atoms with van der Waals surface area (Å²) in [4.78, 5) is 72.4. The second kappa shape index (κ2) is 27.8. The number of carbonyl (C=O) groups is 3. The van der Waals surface area contributed by atoms with Crippen molar-refractivity contribution in [3.05, 3.63) is 215 Å². The number of fused-ring (bicyclic) bond motifs is 6. The number of aryl methyl sites for hydroxylation is 1. The Hall–Kier alpha value is -12.2. The van der Waals surface area contributed by atoms with E-state index >= 15 is 0 Å². The summed E-state index contributed by atoms with van der Waals surface area (Å²) in [7, 11) is 0. The third-order valence-corrected chi connectivity index (χ3v) is 21.2. The lowest BCUT2D eigenvalue weighted by molar-refractivity contribution is 0.0958. The number of piperidine rings is 3. The minimum Gasteiger partial charge on any atom is -0.393 e. The van der Waals surface area contributed by atoms with Crippen LogP contribution in [0, 0.1) is 18.3 Å². The van der Waals surface area contributed by atoms with Crippen molar-refractivity contribution in [2.24, 2.45) is 0 Å². The first-order valence-electron chi connectivity index (χ1n) is 35.9. The summed E-state index contributed by atoms with van der Waals surface area (Å²) in [5.41, 5.74) is 20.5. The van der Waals surface area contributed by atoms with Crippen molar-refractivity contribution in [2.75, 3.05) is 69.9 Å². The van der Waals surface area contributed by atoms with Crippen LogP contribution >= 0.6 is 0 Å². The maximum atomic E-state index is 12.9. The Morgan fingerprint density at radius 2 is 0.867 bits per heavy atom. The molecule has 1 aliphatic carbocycles. The summed E-state index contributed by atoms with van der Waals surface area (Å²) in [6.45, 7) is 8.31. The first-order chi connectivity index (χ1) is 51.3. The van der Waals surface area contributed by atoms with Gasteiger partial charge in [-0.25, -0.2) is 29.9 Å². The third kappa shape index (κ3) is 13.1. The van der Waals surface area contributed by atoms with Gasteiger partial charge in [-0.2, -0.15) is 5.26 Å². The quantitative estimate of drug-likeness (QED) is 0.0518. The van der Waals surface area contributed by atoms with Crippen LogP contribution < -0.4 is 46.6 Å². The third-order valence-electron chi connectivity index (χ3n) is 21.2. The molecule has 19 rings (SSSR count). The molecule has 0 bridgehead atoms. The topological polar surface area (TPSA) is 308 Å². The second-order valence-corrected chi connectivity index (χ2v) is 27.8. The van der Waals surface area contributed by atoms with Crippen LogP contribution in [-0.4, -0.2) is 134 Å². The lowest BCUT2D eigenvalue weighted by atomic mass is 9.95. The lowest BCUT2D eigenvalue weighted by Crippen LogP contribution is -2.35. The Labute approximate surface area is 604 Å². The van der Waals surface area contributed by atoms with Gasteiger partial charge in [0.1, 0.15) is 34.6 Å². The predicted molar refractivity (Wildman–Crippen MR) is 402 cm³/mol. The van der Waals surface area contributed by atoms with E-state index in [0.29, 0.717) is 76.6 Å². The van der Waals surface area contributed by atoms with Gasteiger partial charge in [-0.05, 0) is 177 Å². The highest BCUT2D eigenvalue weighted by atomic mass is 16.3. The molecular formula is C80H77N19O6. The fourth-order valence-electron chi connectivity index (χ4n) is 15.3. The second-order valence-electron chi connectivity index (χ2n) is 27.8. The van der Waals surface area contributed by atoms with Gasteiger partial charge >= 0.3 is 0 Å². The molecule has 3 aromatic carbocycles. The number of nitrogens with one attached hydrogen (secondary N) is 6. The smallest absolute Gasteiger partial charge is 0.254 e. The highest BCUT2D eigenvalue weighted by molar-refractivity contribution is 6.08. The Bertz CT molecular complexity index is 5390. The standard InChI is InChI=1S/C28H28N6O2.C26H23N7O2.C26H26N6O2/c35-20-8-10-33(11-9-20)19-3-6-25(29-14-19)32-23-5-4-21(22-15-31-28(36)27(22)23)24-16-30-26-13-18(17-1-2-17)7-12-34(24)26;27-12-16-5-10-33-22(15-29-24(33)11-16)19-2-3-21(25-20(19)14-30-26(25)35)31-23-4-1-17(13-28-23)32-8-6-18(34)7-9-32;1-16-27-15-23-20(3-2-10-32(16)23)19-5-6-22(25-21(19)14-29-26(25)34)30-24-7-4-17(13-28-24)31-11-8-18(33)9-12-31/h3-7,12-14,16-17,20,35H,1-2,8-11,15H2,(H,29,32)(H,31,36);1-5,10-11,13,15,18,34H,6-9,14H2,(H,28,31)(H,30,35);2-7,10,13,15,18,33H,8-9,11-12,14H2,1H3,(H,28,30)(H,29,34). The molecule has 25 nitrogen and oxygen atoms in total. The van der Waals surface area contributed by atoms with E-state index in [4.69, 9.17) is 5.26 Å². The van der Waals surface area contributed by atoms with E-state index in [1.807, 2.05) is 121 Å². The molecule has 0 atom stereocenters. The normalized spacial score (nSPS) is 16.6. The Balaban J connectivity index is 0.000000116. The number of aliphatic hydroxyl groups excluding tert-OH is 3. The highest BCUT2D eigenvalue weighted by Gasteiger charge is 2.32. The average Bonchev–Trinajstić information content (AvgIpc) is 1.64. The maximum Gasteiger partial charge on any atom is 0.254 e. The molecule has 15 heterocycles. The van der Waals surface area contributed by atoms with Crippen LogP contribution in [0.2, 0.25) is 0 Å². The van der Waals surface area contributed by atoms with E-state index in [1.54, 1.807) is 18.3 Å². The monoisotopic (exact) mass is 1400 g/mol. The molecule has 1 saturated carbocycles. The molecule has 105 heavy (non-hydrogen) atoms. The van der Waals surface area contributed by atoms with Crippen molar-refractivity contribution in [2.45, 2.75) is 102 Å². The molecule has 3 amide bonds. The fourth-order valence-corrected chi connectivity index (χ4v) is 15.3. The molecule has 3 saturated heterocycles. The molecule has 9 N–H and O–H groups in total. The van der Waals surface area contributed by atoms with Crippen molar-refractivity contribution >= 4 is 86.1 Å². The van der Waals surface area contributed by atoms with Crippen molar-refractivity contribution in [3.63, 3.8) is 0 Å². The SMILES string of the molecule is Cc1ncc2c(-c3ccc(Nc4ccc(N5CCC(O)CC5)cn4)c4c3CNC4=O)cccn12.N#Cc1ccn2c(-c3ccc(Nc4ccc(N5CCC(O)CC5)cn4)c4c3CNC4=O)cnc2c1.O=C1NCc2c(-c3cnc4cc(C5CC5)ccn34)ccc(Nc3ccc(N4CCC(O)CC4)cn3)c21. The van der Waals surface area contributed by atoms with Gasteiger partial charge in [-0.1, -0.05) is 24.3 Å². The van der Waals surface area contributed by atoms with Crippen LogP contribution in [0.4, 0.5) is 51.6 Å². The lowest BCUT2D eigenvalue weighted by Gasteiger charge is -2.31. The van der Waals surface area contributed by atoms with Crippen molar-refractivity contribution in [1.82, 2.24) is 59.1 Å². The summed E-state index contributed by atoms with van der Waals surface area (Å²) < 4.78 is 6.09. The van der Waals surface area contributed by atoms with Crippen LogP contribution in [0.5, 0.6) is 0 Å². The number of nitrogens with zero attached hydrogens (tertiary/aromatic N) is 13. The van der Waals surface area contributed by atoms with Gasteiger partial charge in [0.25, 0.3) is 17.7 Å². The van der Waals surface area contributed by atoms with Gasteiger partial charge in [-0.15, -0.1) is 0 Å². The fraction of sp³-hybridized carbons (Fsp3) is 0.275. The maximum absolute atomic E-state index is 12.9. The van der Waals surface area contributed by atoms with Crippen molar-refractivity contribution < 1.29 is 29.7 Å². The van der Waals surface area contributed by atoms with Gasteiger partial charge in [0.05, 0.1) is 135 Å². The molecule has 0 radical (unpaired) electrons. The van der Waals surface area contributed by atoms with Crippen molar-refractivity contribution in [3.8, 4) is 39.7 Å². The number of amides is 3. The first kappa shape index (κ1) is 66.0. The number of hydrogen-bond acceptors (Lipinski definition) is 19. The molecule has 12 aromatic rings. The number of hydrogen-bond donors (Lipinski definition) is 9. The number of aromatic nitrogens is 9. The van der Waals surface area contributed by atoms with Gasteiger partial charge in [-0.3, -0.25) is 23.2 Å². The summed E-state index contributed by atoms with van der Waals surface area (Å²) >= 11 is 0. The number of imidazole rings is 3. The summed E-state index contributed by atoms with van der Waals surface area (Å²) in [6, 6.07) is 37.8. The molecule has 25 heteroatoms. The number of anilines is 9. The van der Waals surface area contributed by atoms with Gasteiger partial charge < -0.3 is 66.3 Å². The Kier molecular flexibility index (Phi) is 17.5. The Morgan fingerprint density at radius 3 is 1.30 bits per heavy atom. The highest BCUT2D eigenvalue weighted by Crippen LogP contribution is 2.43. The number of carbonyl (C=O) groups excluding carboxylic acids is 3. The molecule has 528 valence electrons. The first-order valence-corrected chi connectivity index (χ1v) is 35.9. The number of pyridine rings is 6. The van der Waals surface area contributed by atoms with Crippen LogP contribution in [0.1, 0.15) is 122 Å². The van der Waals surface area contributed by atoms with Gasteiger partial charge in [0, 0.05) is 94.2 Å². The minimum absolute atomic E-state index is 0.0808. The van der Waals surface area contributed by atoms with Gasteiger partial charge in [0.2, 0.25) is 0 Å². The molecule has 4 fully saturated rings. The molecule has 7 aliphatic rings. The molecule has 9 aromatic heterocycles. The van der Waals surface area contributed by atoms with E-state index < -0.39 is 0 Å². The Morgan fingerprint density at radius 1 is 0.438 bits per heavy atom. The number of rotatable bonds is 13. The van der Waals surface area contributed by atoms with E-state index in [9.17, 15) is 29.7 Å². The zero-order chi connectivity index (χ0) is 71.4. The van der Waals surface area contributed by atoms with Crippen LogP contribution in [0.3, 0.4) is 0 Å². The van der Waals surface area contributed by atoms with E-state index in [2.05, 4.69) is 128 Å². The zero-order valence-electron chi connectivity index (χ0n) is 57.8. The zero-order valence-corrected chi connectivity index (χ0v) is 57.8. The van der Waals surface area contributed by atoms with E-state index in [1.165, 1.54) is 18.4 Å². The van der Waals surface area contributed by atoms with Crippen LogP contribution in [0.25, 0.3) is 50.5 Å². The largest absolute Gasteiger partial charge is 0.393 e.